The van der Waals surface area contributed by atoms with E-state index in [9.17, 15) is 23.8 Å². The van der Waals surface area contributed by atoms with E-state index >= 15 is 0 Å². The largest absolute Gasteiger partial charge is 0.480 e. The molecule has 12 heteroatoms. The molecule has 0 saturated heterocycles. The highest BCUT2D eigenvalue weighted by Crippen LogP contribution is 2.43. The van der Waals surface area contributed by atoms with E-state index in [4.69, 9.17) is 24.8 Å². The fourth-order valence-electron chi connectivity index (χ4n) is 5.00. The van der Waals surface area contributed by atoms with Crippen LogP contribution in [0.5, 0.6) is 0 Å². The molecule has 0 saturated carbocycles. The Morgan fingerprint density at radius 2 is 1.04 bits per heavy atom. The van der Waals surface area contributed by atoms with Gasteiger partial charge in [-0.05, 0) is 38.5 Å². The van der Waals surface area contributed by atoms with Crippen LogP contribution in [0, 0.1) is 0 Å². The van der Waals surface area contributed by atoms with Gasteiger partial charge in [0.05, 0.1) is 13.2 Å². The first-order valence-electron chi connectivity index (χ1n) is 18.7. The van der Waals surface area contributed by atoms with Gasteiger partial charge in [0.2, 0.25) is 0 Å². The van der Waals surface area contributed by atoms with Gasteiger partial charge in [0.1, 0.15) is 12.6 Å². The first-order valence-corrected chi connectivity index (χ1v) is 20.2. The van der Waals surface area contributed by atoms with Crippen molar-refractivity contribution < 1.29 is 47.5 Å². The molecule has 0 bridgehead atoms. The number of carboxylic acids is 1. The molecular weight excluding hydrogens is 637 g/mol. The third kappa shape index (κ3) is 31.5. The van der Waals surface area contributed by atoms with Crippen LogP contribution in [0.25, 0.3) is 0 Å². The lowest BCUT2D eigenvalue weighted by atomic mass is 10.1. The molecule has 282 valence electrons. The van der Waals surface area contributed by atoms with Crippen molar-refractivity contribution in [2.24, 2.45) is 5.73 Å². The number of unbranched alkanes of at least 4 members (excludes halogenated alkanes) is 19. The van der Waals surface area contributed by atoms with Crippen molar-refractivity contribution in [1.82, 2.24) is 0 Å². The Morgan fingerprint density at radius 1 is 0.625 bits per heavy atom. The van der Waals surface area contributed by atoms with Crippen molar-refractivity contribution in [2.45, 2.75) is 180 Å². The number of hydrogen-bond acceptors (Lipinski definition) is 9. The molecule has 0 aromatic heterocycles. The fourth-order valence-corrected chi connectivity index (χ4v) is 5.78. The molecule has 3 atom stereocenters. The molecule has 0 heterocycles. The fraction of sp³-hybridized carbons (Fsp3) is 0.861. The molecule has 0 aromatic rings. The minimum absolute atomic E-state index is 0.159. The third-order valence-electron chi connectivity index (χ3n) is 8.01. The number of hydrogen-bond donors (Lipinski definition) is 3. The zero-order valence-corrected chi connectivity index (χ0v) is 31.0. The Hall–Kier alpha value is -1.78. The van der Waals surface area contributed by atoms with Crippen LogP contribution >= 0.6 is 7.82 Å². The van der Waals surface area contributed by atoms with Gasteiger partial charge in [0.15, 0.2) is 6.10 Å². The van der Waals surface area contributed by atoms with Gasteiger partial charge in [-0.25, -0.2) is 4.57 Å². The number of carbonyl (C=O) groups is 3. The summed E-state index contributed by atoms with van der Waals surface area (Å²) >= 11 is 0. The van der Waals surface area contributed by atoms with E-state index in [0.717, 1.165) is 44.9 Å². The average Bonchev–Trinajstić information content (AvgIpc) is 3.05. The van der Waals surface area contributed by atoms with Gasteiger partial charge in [-0.3, -0.25) is 23.4 Å². The summed E-state index contributed by atoms with van der Waals surface area (Å²) in [6.07, 6.45) is 28.8. The molecule has 0 aliphatic rings. The number of rotatable bonds is 35. The van der Waals surface area contributed by atoms with E-state index in [1.807, 2.05) is 0 Å². The number of phosphoric acid groups is 1. The minimum atomic E-state index is -4.70. The normalized spacial score (nSPS) is 14.1. The van der Waals surface area contributed by atoms with Crippen molar-refractivity contribution in [2.75, 3.05) is 19.8 Å². The number of aliphatic carboxylic acids is 1. The Labute approximate surface area is 290 Å². The van der Waals surface area contributed by atoms with E-state index in [1.165, 1.54) is 83.5 Å². The van der Waals surface area contributed by atoms with Crippen molar-refractivity contribution >= 4 is 25.7 Å². The number of nitrogens with two attached hydrogens (primary N) is 1. The van der Waals surface area contributed by atoms with Crippen LogP contribution < -0.4 is 5.73 Å². The predicted octanol–water partition coefficient (Wildman–Crippen LogP) is 8.95. The molecule has 0 aromatic carbocycles. The highest BCUT2D eigenvalue weighted by molar-refractivity contribution is 7.47. The van der Waals surface area contributed by atoms with Crippen LogP contribution in [0.4, 0.5) is 0 Å². The van der Waals surface area contributed by atoms with Gasteiger partial charge < -0.3 is 25.2 Å². The average molecular weight is 706 g/mol. The van der Waals surface area contributed by atoms with E-state index in [0.29, 0.717) is 12.8 Å². The molecule has 48 heavy (non-hydrogen) atoms. The maximum absolute atomic E-state index is 12.5. The Balaban J connectivity index is 4.35. The van der Waals surface area contributed by atoms with E-state index in [1.54, 1.807) is 0 Å². The SMILES string of the molecule is CCCCCCCC/C=C\CCCCCCCCCC(=O)OC(COC(=O)CCCCCCCCC)COP(=O)(O)OCC(N)C(=O)O. The van der Waals surface area contributed by atoms with E-state index in [2.05, 4.69) is 30.5 Å². The van der Waals surface area contributed by atoms with Gasteiger partial charge in [-0.15, -0.1) is 0 Å². The molecule has 0 amide bonds. The second-order valence-electron chi connectivity index (χ2n) is 12.7. The molecule has 0 aliphatic heterocycles. The Kier molecular flexibility index (Phi) is 31.2. The quantitative estimate of drug-likeness (QED) is 0.0249. The molecular formula is C36H68NO10P. The Morgan fingerprint density at radius 3 is 1.52 bits per heavy atom. The number of phosphoric ester groups is 1. The van der Waals surface area contributed by atoms with Gasteiger partial charge in [-0.2, -0.15) is 0 Å². The standard InChI is InChI=1S/C36H68NO10P/c1-3-5-7-9-11-12-13-14-15-16-17-18-19-20-22-24-26-28-35(39)47-32(30-45-48(42,43)46-31-33(37)36(40)41)29-44-34(38)27-25-23-21-10-8-6-4-2/h14-15,32-33H,3-13,16-31,37H2,1-2H3,(H,40,41)(H,42,43)/b15-14-. The summed E-state index contributed by atoms with van der Waals surface area (Å²) in [5.41, 5.74) is 5.30. The number of ether oxygens (including phenoxy) is 2. The van der Waals surface area contributed by atoms with E-state index < -0.39 is 51.1 Å². The summed E-state index contributed by atoms with van der Waals surface area (Å²) in [7, 11) is -4.70. The number of esters is 2. The van der Waals surface area contributed by atoms with Crippen LogP contribution in [0.15, 0.2) is 12.2 Å². The lowest BCUT2D eigenvalue weighted by molar-refractivity contribution is -0.161. The van der Waals surface area contributed by atoms with Crippen molar-refractivity contribution in [3.63, 3.8) is 0 Å². The molecule has 0 spiro atoms. The van der Waals surface area contributed by atoms with Gasteiger partial charge in [0, 0.05) is 12.8 Å². The van der Waals surface area contributed by atoms with Gasteiger partial charge in [-0.1, -0.05) is 129 Å². The minimum Gasteiger partial charge on any atom is -0.480 e. The summed E-state index contributed by atoms with van der Waals surface area (Å²) in [6.45, 7) is 2.73. The van der Waals surface area contributed by atoms with Crippen molar-refractivity contribution in [1.29, 1.82) is 0 Å². The highest BCUT2D eigenvalue weighted by atomic mass is 31.2. The summed E-state index contributed by atoms with van der Waals surface area (Å²) in [5, 5.41) is 8.83. The maximum Gasteiger partial charge on any atom is 0.472 e. The third-order valence-corrected chi connectivity index (χ3v) is 8.96. The van der Waals surface area contributed by atoms with Crippen LogP contribution in [0.1, 0.15) is 168 Å². The second kappa shape index (κ2) is 32.4. The summed E-state index contributed by atoms with van der Waals surface area (Å²) in [5.74, 6) is -2.39. The van der Waals surface area contributed by atoms with Crippen molar-refractivity contribution in [3.05, 3.63) is 12.2 Å². The van der Waals surface area contributed by atoms with Crippen LogP contribution in [-0.2, 0) is 37.5 Å². The molecule has 0 fully saturated rings. The molecule has 0 radical (unpaired) electrons. The molecule has 11 nitrogen and oxygen atoms in total. The Bertz CT molecular complexity index is 885. The summed E-state index contributed by atoms with van der Waals surface area (Å²) in [6, 6.07) is -1.52. The monoisotopic (exact) mass is 705 g/mol. The summed E-state index contributed by atoms with van der Waals surface area (Å²) in [4.78, 5) is 45.5. The molecule has 0 rings (SSSR count). The van der Waals surface area contributed by atoms with Gasteiger partial charge >= 0.3 is 25.7 Å². The van der Waals surface area contributed by atoms with Crippen molar-refractivity contribution in [3.8, 4) is 0 Å². The highest BCUT2D eigenvalue weighted by Gasteiger charge is 2.28. The molecule has 3 unspecified atom stereocenters. The lowest BCUT2D eigenvalue weighted by Gasteiger charge is -2.20. The zero-order valence-electron chi connectivity index (χ0n) is 30.1. The number of carbonyl (C=O) groups excluding carboxylic acids is 2. The number of allylic oxidation sites excluding steroid dienone is 2. The lowest BCUT2D eigenvalue weighted by Crippen LogP contribution is -2.34. The predicted molar refractivity (Wildman–Crippen MR) is 189 cm³/mol. The first kappa shape index (κ1) is 46.2. The van der Waals surface area contributed by atoms with Crippen LogP contribution in [0.2, 0.25) is 0 Å². The topological polar surface area (TPSA) is 172 Å². The van der Waals surface area contributed by atoms with Crippen LogP contribution in [-0.4, -0.2) is 59.9 Å². The summed E-state index contributed by atoms with van der Waals surface area (Å²) < 4.78 is 32.4. The van der Waals surface area contributed by atoms with Gasteiger partial charge in [0.25, 0.3) is 0 Å². The molecule has 4 N–H and O–H groups in total. The van der Waals surface area contributed by atoms with Crippen LogP contribution in [0.3, 0.4) is 0 Å². The second-order valence-corrected chi connectivity index (χ2v) is 14.2. The smallest absolute Gasteiger partial charge is 0.472 e. The maximum atomic E-state index is 12.5. The number of carboxylic acid groups (broad SMARTS) is 1. The first-order chi connectivity index (χ1) is 23.1. The zero-order chi connectivity index (χ0) is 35.7. The molecule has 0 aliphatic carbocycles. The van der Waals surface area contributed by atoms with E-state index in [-0.39, 0.29) is 19.4 Å².